The molecule has 1 unspecified atom stereocenters. The number of ether oxygens (including phenoxy) is 2. The zero-order chi connectivity index (χ0) is 44.4. The SMILES string of the molecule is CCn1nc(C)cc1C(=O)Nc1nc2cc(C(=O)NC)cc3c2n1C/C=C/Cn1c(NC(=O)c2cc(C)nn2CC)nc2cc(C(=O)NI)cc(c21)OCC(N1CCCCC1)CO3. The van der Waals surface area contributed by atoms with E-state index in [1.54, 1.807) is 75.7 Å². The number of anilines is 2. The van der Waals surface area contributed by atoms with Crippen molar-refractivity contribution in [3.8, 4) is 11.5 Å². The minimum absolute atomic E-state index is 0.172. The van der Waals surface area contributed by atoms with E-state index in [1.165, 1.54) is 0 Å². The zero-order valence-corrected chi connectivity index (χ0v) is 38.0. The van der Waals surface area contributed by atoms with Crippen molar-refractivity contribution >= 4 is 80.5 Å². The Morgan fingerprint density at radius 3 is 1.60 bits per heavy atom. The maximum Gasteiger partial charge on any atom is 0.276 e. The average Bonchev–Trinajstić information content (AvgIpc) is 4.06. The number of amides is 4. The molecule has 8 rings (SSSR count). The second-order valence-electron chi connectivity index (χ2n) is 15.5. The Kier molecular flexibility index (Phi) is 12.8. The van der Waals surface area contributed by atoms with Gasteiger partial charge in [-0.2, -0.15) is 10.2 Å². The van der Waals surface area contributed by atoms with Crippen molar-refractivity contribution in [2.75, 3.05) is 44.0 Å². The number of hydrogen-bond donors (Lipinski definition) is 4. The molecule has 1 fully saturated rings. The summed E-state index contributed by atoms with van der Waals surface area (Å²) >= 11 is 1.80. The zero-order valence-electron chi connectivity index (χ0n) is 35.8. The first kappa shape index (κ1) is 43.4. The van der Waals surface area contributed by atoms with Crippen molar-refractivity contribution in [1.29, 1.82) is 0 Å². The molecule has 19 nitrogen and oxygen atoms in total. The summed E-state index contributed by atoms with van der Waals surface area (Å²) in [5.74, 6) is -0.151. The van der Waals surface area contributed by atoms with Gasteiger partial charge in [0.25, 0.3) is 23.6 Å². The van der Waals surface area contributed by atoms with Crippen LogP contribution in [0.1, 0.15) is 86.2 Å². The summed E-state index contributed by atoms with van der Waals surface area (Å²) in [4.78, 5) is 66.3. The largest absolute Gasteiger partial charge is 0.490 e. The Labute approximate surface area is 377 Å². The molecule has 0 aliphatic carbocycles. The maximum atomic E-state index is 13.9. The van der Waals surface area contributed by atoms with Gasteiger partial charge in [0.15, 0.2) is 0 Å². The molecule has 6 heterocycles. The lowest BCUT2D eigenvalue weighted by Gasteiger charge is -2.34. The number of allylic oxidation sites excluding steroid dienone is 2. The van der Waals surface area contributed by atoms with Gasteiger partial charge in [0.05, 0.1) is 51.3 Å². The number of carbonyl (C=O) groups is 4. The topological polar surface area (TPSA) is 209 Å². The number of nitrogens with zero attached hydrogens (tertiary/aromatic N) is 9. The van der Waals surface area contributed by atoms with Crippen molar-refractivity contribution in [1.82, 2.24) is 52.4 Å². The fraction of sp³-hybridized carbons (Fsp3) is 0.395. The summed E-state index contributed by atoms with van der Waals surface area (Å²) in [5, 5.41) is 17.7. The number of benzene rings is 2. The van der Waals surface area contributed by atoms with E-state index < -0.39 is 11.8 Å². The Bertz CT molecular complexity index is 2580. The summed E-state index contributed by atoms with van der Waals surface area (Å²) in [6, 6.07) is 9.93. The highest BCUT2D eigenvalue weighted by Gasteiger charge is 2.28. The van der Waals surface area contributed by atoms with Crippen LogP contribution in [0.3, 0.4) is 0 Å². The number of halogens is 1. The van der Waals surface area contributed by atoms with E-state index in [-0.39, 0.29) is 56.1 Å². The van der Waals surface area contributed by atoms with Gasteiger partial charge in [-0.3, -0.25) is 47.6 Å². The highest BCUT2D eigenvalue weighted by Crippen LogP contribution is 2.34. The minimum atomic E-state index is -0.396. The van der Waals surface area contributed by atoms with Gasteiger partial charge in [-0.1, -0.05) is 18.6 Å². The Morgan fingerprint density at radius 1 is 0.683 bits per heavy atom. The first-order valence-electron chi connectivity index (χ1n) is 21.1. The molecule has 2 aliphatic heterocycles. The quantitative estimate of drug-likeness (QED) is 0.0835. The molecule has 20 heteroatoms. The summed E-state index contributed by atoms with van der Waals surface area (Å²) < 4.78 is 23.2. The number of aryl methyl sites for hydroxylation is 4. The number of likely N-dealkylation sites (tertiary alicyclic amines) is 1. The summed E-state index contributed by atoms with van der Waals surface area (Å²) in [6.45, 7) is 10.9. The Hall–Kier alpha value is -6.29. The molecule has 330 valence electrons. The molecule has 6 aromatic rings. The predicted molar refractivity (Wildman–Crippen MR) is 245 cm³/mol. The fourth-order valence-electron chi connectivity index (χ4n) is 8.23. The standard InChI is InChI=1S/C43H50IN13O6/c1-6-56-32(17-25(3)51-56)40(60)48-42-46-30-19-27(38(58)45-5)21-34-36(30)54(42)15-11-12-16-55-37-31(47-43(55)49-41(61)33-18-26(4)52-57(33)7-2)20-28(39(59)50-44)22-35(37)63-24-29(23-62-34)53-13-9-8-10-14-53/h11-12,17-22,29H,6-10,13-16,23-24H2,1-5H3,(H,45,58)(H,50,59)(H,46,48,60)(H,47,49,61)/b12-11+. The van der Waals surface area contributed by atoms with Gasteiger partial charge in [0.1, 0.15) is 47.1 Å². The lowest BCUT2D eigenvalue weighted by molar-refractivity contribution is 0.0770. The third kappa shape index (κ3) is 8.86. The van der Waals surface area contributed by atoms with Crippen LogP contribution in [-0.2, 0) is 26.2 Å². The van der Waals surface area contributed by atoms with Crippen LogP contribution in [0.25, 0.3) is 22.1 Å². The molecule has 4 aromatic heterocycles. The fourth-order valence-corrected chi connectivity index (χ4v) is 8.54. The Morgan fingerprint density at radius 2 is 1.16 bits per heavy atom. The lowest BCUT2D eigenvalue weighted by Crippen LogP contribution is -2.46. The third-order valence-corrected chi connectivity index (χ3v) is 11.8. The minimum Gasteiger partial charge on any atom is -0.490 e. The van der Waals surface area contributed by atoms with Gasteiger partial charge in [-0.15, -0.1) is 0 Å². The van der Waals surface area contributed by atoms with Crippen molar-refractivity contribution in [3.05, 3.63) is 82.5 Å². The van der Waals surface area contributed by atoms with E-state index >= 15 is 0 Å². The predicted octanol–water partition coefficient (Wildman–Crippen LogP) is 5.26. The van der Waals surface area contributed by atoms with Crippen LogP contribution in [0.5, 0.6) is 11.5 Å². The lowest BCUT2D eigenvalue weighted by atomic mass is 10.1. The van der Waals surface area contributed by atoms with Gasteiger partial charge in [-0.25, -0.2) is 9.97 Å². The molecule has 63 heavy (non-hydrogen) atoms. The van der Waals surface area contributed by atoms with Crippen molar-refractivity contribution < 1.29 is 28.7 Å². The number of aromatic nitrogens is 8. The van der Waals surface area contributed by atoms with E-state index in [0.717, 1.165) is 32.4 Å². The summed E-state index contributed by atoms with van der Waals surface area (Å²) in [5.41, 5.74) is 4.88. The van der Waals surface area contributed by atoms with Gasteiger partial charge in [-0.05, 0) is 90.0 Å². The van der Waals surface area contributed by atoms with Crippen molar-refractivity contribution in [2.45, 2.75) is 79.2 Å². The number of imidazole rings is 2. The van der Waals surface area contributed by atoms with E-state index in [4.69, 9.17) is 19.4 Å². The first-order valence-corrected chi connectivity index (χ1v) is 22.2. The number of piperidine rings is 1. The number of carbonyl (C=O) groups excluding carboxylic acids is 4. The van der Waals surface area contributed by atoms with E-state index in [9.17, 15) is 19.2 Å². The van der Waals surface area contributed by atoms with Crippen molar-refractivity contribution in [3.63, 3.8) is 0 Å². The highest BCUT2D eigenvalue weighted by molar-refractivity contribution is 14.1. The normalized spacial score (nSPS) is 16.4. The number of nitrogens with one attached hydrogen (secondary N) is 4. The van der Waals surface area contributed by atoms with Crippen LogP contribution in [0, 0.1) is 13.8 Å². The van der Waals surface area contributed by atoms with Gasteiger partial charge in [0, 0.05) is 44.4 Å². The van der Waals surface area contributed by atoms with E-state index in [2.05, 4.69) is 34.6 Å². The molecular weight excluding hydrogens is 921 g/mol. The van der Waals surface area contributed by atoms with Crippen molar-refractivity contribution in [2.24, 2.45) is 0 Å². The van der Waals surface area contributed by atoms with E-state index in [0.29, 0.717) is 80.6 Å². The molecule has 2 aliphatic rings. The van der Waals surface area contributed by atoms with Crippen LogP contribution >= 0.6 is 22.9 Å². The first-order chi connectivity index (χ1) is 30.5. The monoisotopic (exact) mass is 971 g/mol. The van der Waals surface area contributed by atoms with Crippen LogP contribution in [0.15, 0.2) is 48.6 Å². The molecule has 2 aromatic carbocycles. The molecular formula is C43H50IN13O6. The molecule has 0 saturated carbocycles. The Balaban J connectivity index is 1.28. The molecule has 1 atom stereocenters. The highest BCUT2D eigenvalue weighted by atomic mass is 127. The van der Waals surface area contributed by atoms with Crippen LogP contribution in [-0.4, -0.2) is 107 Å². The van der Waals surface area contributed by atoms with Crippen LogP contribution in [0.2, 0.25) is 0 Å². The van der Waals surface area contributed by atoms with Gasteiger partial charge < -0.3 is 23.9 Å². The molecule has 0 spiro atoms. The van der Waals surface area contributed by atoms with Gasteiger partial charge in [0.2, 0.25) is 11.9 Å². The van der Waals surface area contributed by atoms with Crippen LogP contribution < -0.4 is 29.0 Å². The molecule has 0 radical (unpaired) electrons. The summed E-state index contributed by atoms with van der Waals surface area (Å²) in [6.07, 6.45) is 6.95. The van der Waals surface area contributed by atoms with E-state index in [1.807, 2.05) is 49.0 Å². The number of hydrogen-bond acceptors (Lipinski definition) is 11. The second kappa shape index (κ2) is 18.6. The second-order valence-corrected chi connectivity index (χ2v) is 16.0. The molecule has 1 saturated heterocycles. The molecule has 4 N–H and O–H groups in total. The molecule has 4 amide bonds. The smallest absolute Gasteiger partial charge is 0.276 e. The summed E-state index contributed by atoms with van der Waals surface area (Å²) in [7, 11) is 1.56. The average molecular weight is 972 g/mol. The maximum absolute atomic E-state index is 13.9. The third-order valence-electron chi connectivity index (χ3n) is 11.3. The van der Waals surface area contributed by atoms with Crippen LogP contribution in [0.4, 0.5) is 11.9 Å². The van der Waals surface area contributed by atoms with Gasteiger partial charge >= 0.3 is 0 Å². The number of rotatable bonds is 9. The molecule has 0 bridgehead atoms.